The maximum Gasteiger partial charge on any atom is 0.306 e. The summed E-state index contributed by atoms with van der Waals surface area (Å²) in [5.74, 6) is -0.617. The van der Waals surface area contributed by atoms with Crippen molar-refractivity contribution in [2.24, 2.45) is 5.92 Å². The Bertz CT molecular complexity index is 498. The topological polar surface area (TPSA) is 66.4 Å². The number of hydrogen-bond donors (Lipinski definition) is 2. The number of benzene rings is 1. The molecule has 1 amide bonds. The Labute approximate surface area is 133 Å². The SMILES string of the molecule is O=C(CSc1ccc(Cl)cc1)NC1CCC(C(=O)O)CC1. The fourth-order valence-electron chi connectivity index (χ4n) is 2.43. The van der Waals surface area contributed by atoms with Gasteiger partial charge in [-0.05, 0) is 49.9 Å². The lowest BCUT2D eigenvalue weighted by Gasteiger charge is -2.26. The molecule has 1 aliphatic carbocycles. The van der Waals surface area contributed by atoms with Crippen molar-refractivity contribution < 1.29 is 14.7 Å². The van der Waals surface area contributed by atoms with Crippen LogP contribution in [-0.4, -0.2) is 28.8 Å². The van der Waals surface area contributed by atoms with Crippen LogP contribution in [0.1, 0.15) is 25.7 Å². The average Bonchev–Trinajstić information content (AvgIpc) is 2.47. The number of nitrogens with one attached hydrogen (secondary N) is 1. The Morgan fingerprint density at radius 3 is 2.38 bits per heavy atom. The van der Waals surface area contributed by atoms with E-state index >= 15 is 0 Å². The van der Waals surface area contributed by atoms with Gasteiger partial charge in [0.25, 0.3) is 0 Å². The number of thioether (sulfide) groups is 1. The van der Waals surface area contributed by atoms with Gasteiger partial charge >= 0.3 is 5.97 Å². The van der Waals surface area contributed by atoms with Crippen LogP contribution in [0.2, 0.25) is 5.02 Å². The molecule has 0 aliphatic heterocycles. The molecule has 2 N–H and O–H groups in total. The third-order valence-electron chi connectivity index (χ3n) is 3.63. The van der Waals surface area contributed by atoms with Crippen molar-refractivity contribution in [3.8, 4) is 0 Å². The van der Waals surface area contributed by atoms with Gasteiger partial charge in [0.2, 0.25) is 5.91 Å². The van der Waals surface area contributed by atoms with Crippen LogP contribution in [-0.2, 0) is 9.59 Å². The van der Waals surface area contributed by atoms with Crippen LogP contribution in [0.15, 0.2) is 29.2 Å². The normalized spacial score (nSPS) is 21.8. The summed E-state index contributed by atoms with van der Waals surface area (Å²) < 4.78 is 0. The monoisotopic (exact) mass is 327 g/mol. The van der Waals surface area contributed by atoms with Gasteiger partial charge in [0.1, 0.15) is 0 Å². The minimum Gasteiger partial charge on any atom is -0.481 e. The number of carbonyl (C=O) groups is 2. The van der Waals surface area contributed by atoms with Gasteiger partial charge < -0.3 is 10.4 Å². The van der Waals surface area contributed by atoms with Crippen molar-refractivity contribution in [3.63, 3.8) is 0 Å². The molecule has 0 aromatic heterocycles. The number of aliphatic carboxylic acids is 1. The van der Waals surface area contributed by atoms with Gasteiger partial charge in [0.15, 0.2) is 0 Å². The van der Waals surface area contributed by atoms with Gasteiger partial charge in [-0.3, -0.25) is 9.59 Å². The maximum absolute atomic E-state index is 11.9. The Balaban J connectivity index is 1.70. The molecule has 0 saturated heterocycles. The molecule has 1 fully saturated rings. The lowest BCUT2D eigenvalue weighted by atomic mass is 9.86. The summed E-state index contributed by atoms with van der Waals surface area (Å²) in [4.78, 5) is 23.8. The van der Waals surface area contributed by atoms with Gasteiger partial charge in [0, 0.05) is 16.0 Å². The molecule has 114 valence electrons. The smallest absolute Gasteiger partial charge is 0.306 e. The standard InChI is InChI=1S/C15H18ClNO3S/c16-11-3-7-13(8-4-11)21-9-14(18)17-12-5-1-10(2-6-12)15(19)20/h3-4,7-8,10,12H,1-2,5-6,9H2,(H,17,18)(H,19,20). The van der Waals surface area contributed by atoms with Crippen molar-refractivity contribution in [2.75, 3.05) is 5.75 Å². The zero-order chi connectivity index (χ0) is 15.2. The largest absolute Gasteiger partial charge is 0.481 e. The molecular formula is C15H18ClNO3S. The number of halogens is 1. The third kappa shape index (κ3) is 5.25. The van der Waals surface area contributed by atoms with E-state index in [0.29, 0.717) is 23.6 Å². The van der Waals surface area contributed by atoms with Crippen molar-refractivity contribution in [1.29, 1.82) is 0 Å². The number of amides is 1. The molecule has 0 atom stereocenters. The van der Waals surface area contributed by atoms with Crippen LogP contribution in [0.25, 0.3) is 0 Å². The Kier molecular flexibility index (Phi) is 5.94. The molecule has 4 nitrogen and oxygen atoms in total. The first-order valence-electron chi connectivity index (χ1n) is 6.95. The number of carboxylic acid groups (broad SMARTS) is 1. The van der Waals surface area contributed by atoms with Crippen molar-refractivity contribution >= 4 is 35.2 Å². The molecule has 1 aliphatic rings. The molecule has 6 heteroatoms. The maximum atomic E-state index is 11.9. The molecule has 1 aromatic carbocycles. The van der Waals surface area contributed by atoms with E-state index < -0.39 is 5.97 Å². The Hall–Kier alpha value is -1.20. The van der Waals surface area contributed by atoms with E-state index in [1.54, 1.807) is 12.1 Å². The minimum absolute atomic E-state index is 0.00581. The molecular weight excluding hydrogens is 310 g/mol. The molecule has 21 heavy (non-hydrogen) atoms. The van der Waals surface area contributed by atoms with E-state index in [2.05, 4.69) is 5.32 Å². The third-order valence-corrected chi connectivity index (χ3v) is 4.89. The number of hydrogen-bond acceptors (Lipinski definition) is 3. The highest BCUT2D eigenvalue weighted by molar-refractivity contribution is 8.00. The van der Waals surface area contributed by atoms with Gasteiger partial charge in [-0.2, -0.15) is 0 Å². The van der Waals surface area contributed by atoms with Crippen LogP contribution in [0.5, 0.6) is 0 Å². The summed E-state index contributed by atoms with van der Waals surface area (Å²) in [5.41, 5.74) is 0. The van der Waals surface area contributed by atoms with Gasteiger partial charge in [-0.15, -0.1) is 11.8 Å². The number of carboxylic acids is 1. The van der Waals surface area contributed by atoms with Crippen LogP contribution in [0, 0.1) is 5.92 Å². The van der Waals surface area contributed by atoms with E-state index in [1.165, 1.54) is 11.8 Å². The summed E-state index contributed by atoms with van der Waals surface area (Å²) in [6.07, 6.45) is 2.78. The van der Waals surface area contributed by atoms with E-state index in [4.69, 9.17) is 16.7 Å². The van der Waals surface area contributed by atoms with Gasteiger partial charge in [0.05, 0.1) is 11.7 Å². The van der Waals surface area contributed by atoms with E-state index in [0.717, 1.165) is 17.7 Å². The highest BCUT2D eigenvalue weighted by Crippen LogP contribution is 2.25. The second-order valence-electron chi connectivity index (χ2n) is 5.20. The summed E-state index contributed by atoms with van der Waals surface area (Å²) in [7, 11) is 0. The first-order valence-corrected chi connectivity index (χ1v) is 8.31. The number of carbonyl (C=O) groups excluding carboxylic acids is 1. The zero-order valence-corrected chi connectivity index (χ0v) is 13.1. The van der Waals surface area contributed by atoms with E-state index in [9.17, 15) is 9.59 Å². The summed E-state index contributed by atoms with van der Waals surface area (Å²) in [5, 5.41) is 12.6. The molecule has 2 rings (SSSR count). The van der Waals surface area contributed by atoms with Crippen LogP contribution >= 0.6 is 23.4 Å². The van der Waals surface area contributed by atoms with Crippen molar-refractivity contribution in [2.45, 2.75) is 36.6 Å². The lowest BCUT2D eigenvalue weighted by molar-refractivity contribution is -0.142. The molecule has 0 spiro atoms. The molecule has 1 aromatic rings. The lowest BCUT2D eigenvalue weighted by Crippen LogP contribution is -2.39. The van der Waals surface area contributed by atoms with Crippen molar-refractivity contribution in [1.82, 2.24) is 5.32 Å². The van der Waals surface area contributed by atoms with Gasteiger partial charge in [-0.25, -0.2) is 0 Å². The fraction of sp³-hybridized carbons (Fsp3) is 0.467. The molecule has 1 saturated carbocycles. The molecule has 0 radical (unpaired) electrons. The first-order chi connectivity index (χ1) is 10.0. The molecule has 0 heterocycles. The Morgan fingerprint density at radius 1 is 1.19 bits per heavy atom. The summed E-state index contributed by atoms with van der Waals surface area (Å²) in [6.45, 7) is 0. The second kappa shape index (κ2) is 7.71. The summed E-state index contributed by atoms with van der Waals surface area (Å²) in [6, 6.07) is 7.49. The van der Waals surface area contributed by atoms with Crippen molar-refractivity contribution in [3.05, 3.63) is 29.3 Å². The average molecular weight is 328 g/mol. The Morgan fingerprint density at radius 2 is 1.81 bits per heavy atom. The van der Waals surface area contributed by atoms with Crippen LogP contribution < -0.4 is 5.32 Å². The number of rotatable bonds is 5. The predicted octanol–water partition coefficient (Wildman–Crippen LogP) is 3.19. The van der Waals surface area contributed by atoms with E-state index in [-0.39, 0.29) is 17.9 Å². The zero-order valence-electron chi connectivity index (χ0n) is 11.5. The van der Waals surface area contributed by atoms with Crippen LogP contribution in [0.3, 0.4) is 0 Å². The van der Waals surface area contributed by atoms with Crippen LogP contribution in [0.4, 0.5) is 0 Å². The van der Waals surface area contributed by atoms with Gasteiger partial charge in [-0.1, -0.05) is 11.6 Å². The highest BCUT2D eigenvalue weighted by atomic mass is 35.5. The predicted molar refractivity (Wildman–Crippen MR) is 83.7 cm³/mol. The fourth-order valence-corrected chi connectivity index (χ4v) is 3.27. The second-order valence-corrected chi connectivity index (χ2v) is 6.68. The quantitative estimate of drug-likeness (QED) is 0.815. The molecule has 0 unspecified atom stereocenters. The summed E-state index contributed by atoms with van der Waals surface area (Å²) >= 11 is 7.27. The van der Waals surface area contributed by atoms with E-state index in [1.807, 2.05) is 12.1 Å². The highest BCUT2D eigenvalue weighted by Gasteiger charge is 2.26. The molecule has 0 bridgehead atoms. The first kappa shape index (κ1) is 16.2. The minimum atomic E-state index is -0.724.